The number of hydrogen-bond acceptors (Lipinski definition) is 6. The van der Waals surface area contributed by atoms with Gasteiger partial charge in [-0.15, -0.1) is 0 Å². The molecular formula is C16H9ClN2O4S2. The van der Waals surface area contributed by atoms with Gasteiger partial charge in [0.1, 0.15) is 10.7 Å². The summed E-state index contributed by atoms with van der Waals surface area (Å²) in [7, 11) is 0. The van der Waals surface area contributed by atoms with Crippen molar-refractivity contribution in [2.24, 2.45) is 0 Å². The highest BCUT2D eigenvalue weighted by Crippen LogP contribution is 2.38. The Morgan fingerprint density at radius 3 is 2.72 bits per heavy atom. The van der Waals surface area contributed by atoms with Crippen LogP contribution in [0.2, 0.25) is 5.02 Å². The number of anilines is 1. The molecule has 2 aromatic rings. The Morgan fingerprint density at radius 1 is 1.28 bits per heavy atom. The zero-order chi connectivity index (χ0) is 18.1. The monoisotopic (exact) mass is 392 g/mol. The molecule has 2 aromatic carbocycles. The molecule has 1 fully saturated rings. The van der Waals surface area contributed by atoms with Crippen LogP contribution in [-0.2, 0) is 0 Å². The number of carbonyl (C=O) groups excluding carboxylic acids is 1. The molecule has 1 amide bonds. The van der Waals surface area contributed by atoms with Crippen molar-refractivity contribution in [1.82, 2.24) is 0 Å². The number of aromatic hydroxyl groups is 1. The largest absolute Gasteiger partial charge is 0.507 e. The van der Waals surface area contributed by atoms with E-state index in [2.05, 4.69) is 0 Å². The van der Waals surface area contributed by atoms with Gasteiger partial charge in [0, 0.05) is 22.7 Å². The van der Waals surface area contributed by atoms with Crippen molar-refractivity contribution >= 4 is 63.3 Å². The Balaban J connectivity index is 1.99. The molecule has 1 heterocycles. The van der Waals surface area contributed by atoms with Gasteiger partial charge in [-0.2, -0.15) is 0 Å². The highest BCUT2D eigenvalue weighted by atomic mass is 35.5. The highest BCUT2D eigenvalue weighted by Gasteiger charge is 2.33. The van der Waals surface area contributed by atoms with E-state index in [-0.39, 0.29) is 27.2 Å². The lowest BCUT2D eigenvalue weighted by molar-refractivity contribution is -0.384. The van der Waals surface area contributed by atoms with Crippen molar-refractivity contribution in [3.05, 3.63) is 68.1 Å². The molecule has 0 saturated carbocycles. The number of benzene rings is 2. The molecular weight excluding hydrogens is 384 g/mol. The molecule has 0 radical (unpaired) electrons. The Hall–Kier alpha value is -2.42. The van der Waals surface area contributed by atoms with Crippen LogP contribution in [0.15, 0.2) is 47.4 Å². The number of carbonyl (C=O) groups is 1. The molecule has 0 aliphatic carbocycles. The molecule has 0 bridgehead atoms. The van der Waals surface area contributed by atoms with Gasteiger partial charge in [-0.05, 0) is 42.1 Å². The third kappa shape index (κ3) is 3.51. The molecule has 0 spiro atoms. The van der Waals surface area contributed by atoms with Gasteiger partial charge in [0.2, 0.25) is 0 Å². The summed E-state index contributed by atoms with van der Waals surface area (Å²) >= 11 is 12.2. The molecule has 1 aliphatic rings. The summed E-state index contributed by atoms with van der Waals surface area (Å²) in [5.74, 6) is -0.143. The molecule has 9 heteroatoms. The van der Waals surface area contributed by atoms with E-state index in [0.29, 0.717) is 15.6 Å². The molecule has 1 aliphatic heterocycles. The lowest BCUT2D eigenvalue weighted by Gasteiger charge is -2.14. The van der Waals surface area contributed by atoms with Crippen LogP contribution in [0.4, 0.5) is 16.2 Å². The summed E-state index contributed by atoms with van der Waals surface area (Å²) in [6, 6.07) is 10.3. The van der Waals surface area contributed by atoms with Crippen LogP contribution in [0.1, 0.15) is 5.56 Å². The van der Waals surface area contributed by atoms with Crippen LogP contribution in [0.5, 0.6) is 5.75 Å². The minimum Gasteiger partial charge on any atom is -0.507 e. The second kappa shape index (κ2) is 6.83. The van der Waals surface area contributed by atoms with E-state index >= 15 is 0 Å². The minimum absolute atomic E-state index is 0.143. The Labute approximate surface area is 156 Å². The van der Waals surface area contributed by atoms with E-state index in [0.717, 1.165) is 11.8 Å². The number of hydrogen-bond donors (Lipinski definition) is 1. The number of phenols is 1. The average Bonchev–Trinajstić information content (AvgIpc) is 2.83. The molecule has 6 nitrogen and oxygen atoms in total. The number of halogens is 1. The number of nitrogens with zero attached hydrogens (tertiary/aromatic N) is 2. The molecule has 126 valence electrons. The van der Waals surface area contributed by atoms with E-state index in [9.17, 15) is 20.0 Å². The smallest absolute Gasteiger partial charge is 0.296 e. The van der Waals surface area contributed by atoms with E-state index in [1.807, 2.05) is 0 Å². The molecule has 1 saturated heterocycles. The third-order valence-electron chi connectivity index (χ3n) is 3.37. The molecule has 0 aromatic heterocycles. The van der Waals surface area contributed by atoms with Crippen LogP contribution in [0.25, 0.3) is 6.08 Å². The van der Waals surface area contributed by atoms with Gasteiger partial charge in [0.25, 0.3) is 10.9 Å². The summed E-state index contributed by atoms with van der Waals surface area (Å²) in [6.07, 6.45) is 1.46. The molecule has 0 unspecified atom stereocenters. The summed E-state index contributed by atoms with van der Waals surface area (Å²) in [6.45, 7) is 0. The molecule has 0 atom stereocenters. The second-order valence-corrected chi connectivity index (χ2v) is 6.81. The predicted octanol–water partition coefficient (Wildman–Crippen LogP) is 5.00. The summed E-state index contributed by atoms with van der Waals surface area (Å²) < 4.78 is 0. The van der Waals surface area contributed by atoms with Gasteiger partial charge in [-0.1, -0.05) is 29.9 Å². The number of non-ortho nitro benzene ring substituents is 1. The van der Waals surface area contributed by atoms with Crippen LogP contribution in [0, 0.1) is 10.1 Å². The summed E-state index contributed by atoms with van der Waals surface area (Å²) in [4.78, 5) is 24.6. The lowest BCUT2D eigenvalue weighted by Crippen LogP contribution is -2.26. The highest BCUT2D eigenvalue weighted by molar-refractivity contribution is 8.20. The van der Waals surface area contributed by atoms with E-state index in [4.69, 9.17) is 23.8 Å². The second-order valence-electron chi connectivity index (χ2n) is 5.00. The van der Waals surface area contributed by atoms with Crippen molar-refractivity contribution in [2.45, 2.75) is 0 Å². The van der Waals surface area contributed by atoms with Gasteiger partial charge < -0.3 is 5.11 Å². The fourth-order valence-electron chi connectivity index (χ4n) is 2.22. The molecule has 25 heavy (non-hydrogen) atoms. The number of nitro benzene ring substituents is 1. The Kier molecular flexibility index (Phi) is 4.76. The predicted molar refractivity (Wildman–Crippen MR) is 102 cm³/mol. The van der Waals surface area contributed by atoms with Crippen molar-refractivity contribution in [1.29, 1.82) is 0 Å². The van der Waals surface area contributed by atoms with Gasteiger partial charge >= 0.3 is 0 Å². The third-order valence-corrected chi connectivity index (χ3v) is 5.02. The first-order valence-electron chi connectivity index (χ1n) is 6.88. The zero-order valence-electron chi connectivity index (χ0n) is 12.4. The summed E-state index contributed by atoms with van der Waals surface area (Å²) in [5.41, 5.74) is 0.568. The van der Waals surface area contributed by atoms with Gasteiger partial charge in [-0.3, -0.25) is 19.8 Å². The van der Waals surface area contributed by atoms with Crippen molar-refractivity contribution < 1.29 is 14.8 Å². The fraction of sp³-hybridized carbons (Fsp3) is 0. The molecule has 3 rings (SSSR count). The topological polar surface area (TPSA) is 83.7 Å². The number of nitro groups is 1. The standard InChI is InChI=1S/C16H9ClN2O4S2/c17-10-2-1-3-11(8-10)18-15(24)14(25-16(18)21)7-9-6-12(19(22)23)4-5-13(9)20/h1-8,20H/b14-7-. The van der Waals surface area contributed by atoms with E-state index in [1.54, 1.807) is 24.3 Å². The maximum absolute atomic E-state index is 12.3. The van der Waals surface area contributed by atoms with Crippen molar-refractivity contribution in [3.8, 4) is 5.75 Å². The number of phenolic OH excluding ortho intramolecular Hbond substituents is 1. The Bertz CT molecular complexity index is 945. The first-order valence-corrected chi connectivity index (χ1v) is 8.48. The average molecular weight is 393 g/mol. The van der Waals surface area contributed by atoms with Crippen LogP contribution < -0.4 is 4.90 Å². The van der Waals surface area contributed by atoms with Crippen LogP contribution in [-0.4, -0.2) is 20.3 Å². The number of thiocarbonyl (C=S) groups is 1. The van der Waals surface area contributed by atoms with Gasteiger partial charge in [-0.25, -0.2) is 0 Å². The number of thioether (sulfide) groups is 1. The first-order chi connectivity index (χ1) is 11.9. The SMILES string of the molecule is O=C1S/C(=C\c2cc([N+](=O)[O-])ccc2O)C(=S)N1c1cccc(Cl)c1. The quantitative estimate of drug-likeness (QED) is 0.342. The minimum atomic E-state index is -0.564. The maximum Gasteiger partial charge on any atom is 0.296 e. The van der Waals surface area contributed by atoms with Gasteiger partial charge in [0.05, 0.1) is 15.5 Å². The summed E-state index contributed by atoms with van der Waals surface area (Å²) in [5, 5.41) is 20.9. The fourth-order valence-corrected chi connectivity index (χ4v) is 3.67. The maximum atomic E-state index is 12.3. The van der Waals surface area contributed by atoms with Crippen molar-refractivity contribution in [3.63, 3.8) is 0 Å². The van der Waals surface area contributed by atoms with Crippen molar-refractivity contribution in [2.75, 3.05) is 4.90 Å². The number of amides is 1. The Morgan fingerprint density at radius 2 is 2.04 bits per heavy atom. The number of rotatable bonds is 3. The van der Waals surface area contributed by atoms with Gasteiger partial charge in [0.15, 0.2) is 0 Å². The van der Waals surface area contributed by atoms with E-state index < -0.39 is 4.92 Å². The van der Waals surface area contributed by atoms with Crippen LogP contribution >= 0.6 is 35.6 Å². The zero-order valence-corrected chi connectivity index (χ0v) is 14.8. The van der Waals surface area contributed by atoms with E-state index in [1.165, 1.54) is 29.2 Å². The molecule has 1 N–H and O–H groups in total. The lowest BCUT2D eigenvalue weighted by atomic mass is 10.1. The first kappa shape index (κ1) is 17.4. The normalized spacial score (nSPS) is 15.9. The van der Waals surface area contributed by atoms with Crippen LogP contribution in [0.3, 0.4) is 0 Å².